The summed E-state index contributed by atoms with van der Waals surface area (Å²) >= 11 is 0. The number of ether oxygens (including phenoxy) is 3. The third-order valence-electron chi connectivity index (χ3n) is 1.86. The third kappa shape index (κ3) is 3.16. The molecule has 0 fully saturated rings. The molecule has 0 N–H and O–H groups in total. The van der Waals surface area contributed by atoms with E-state index in [1.165, 1.54) is 20.8 Å². The Morgan fingerprint density at radius 3 is 1.65 bits per heavy atom. The summed E-state index contributed by atoms with van der Waals surface area (Å²) in [5.74, 6) is -7.20. The summed E-state index contributed by atoms with van der Waals surface area (Å²) in [6.45, 7) is 4.47. The van der Waals surface area contributed by atoms with Gasteiger partial charge in [0.15, 0.2) is 0 Å². The minimum absolute atomic E-state index is 0.892. The summed E-state index contributed by atoms with van der Waals surface area (Å²) in [4.78, 5) is 33.8. The van der Waals surface area contributed by atoms with Crippen molar-refractivity contribution in [1.29, 1.82) is 0 Å². The Hall–Kier alpha value is -1.63. The van der Waals surface area contributed by atoms with Crippen molar-refractivity contribution in [1.82, 2.24) is 0 Å². The summed E-state index contributed by atoms with van der Waals surface area (Å²) in [6, 6.07) is 0. The lowest BCUT2D eigenvalue weighted by atomic mass is 9.97. The molecular weight excluding hydrogens is 232 g/mol. The molecular formula is C10H15O7. The van der Waals surface area contributed by atoms with E-state index < -0.39 is 29.1 Å². The van der Waals surface area contributed by atoms with Crippen LogP contribution in [-0.2, 0) is 33.7 Å². The van der Waals surface area contributed by atoms with E-state index in [9.17, 15) is 19.5 Å². The van der Waals surface area contributed by atoms with Crippen molar-refractivity contribution in [2.75, 3.05) is 14.2 Å². The monoisotopic (exact) mass is 247 g/mol. The van der Waals surface area contributed by atoms with Gasteiger partial charge in [0.1, 0.15) is 0 Å². The molecule has 0 heterocycles. The van der Waals surface area contributed by atoms with Crippen LogP contribution in [0.1, 0.15) is 20.8 Å². The molecule has 7 heteroatoms. The first-order valence-electron chi connectivity index (χ1n) is 4.70. The van der Waals surface area contributed by atoms with Crippen LogP contribution in [0.4, 0.5) is 0 Å². The second-order valence-corrected chi connectivity index (χ2v) is 4.24. The highest BCUT2D eigenvalue weighted by Gasteiger charge is 2.55. The quantitative estimate of drug-likeness (QED) is 0.395. The molecule has 0 aliphatic heterocycles. The van der Waals surface area contributed by atoms with Gasteiger partial charge in [0.05, 0.1) is 12.5 Å². The van der Waals surface area contributed by atoms with Gasteiger partial charge in [0.2, 0.25) is 0 Å². The molecule has 0 aromatic heterocycles. The van der Waals surface area contributed by atoms with Gasteiger partial charge >= 0.3 is 23.7 Å². The van der Waals surface area contributed by atoms with Crippen LogP contribution in [0.3, 0.4) is 0 Å². The molecule has 0 aliphatic rings. The number of hydrogen-bond donors (Lipinski definition) is 0. The Balaban J connectivity index is 5.29. The first kappa shape index (κ1) is 15.4. The maximum absolute atomic E-state index is 11.6. The maximum atomic E-state index is 11.6. The van der Waals surface area contributed by atoms with E-state index in [2.05, 4.69) is 14.2 Å². The lowest BCUT2D eigenvalue weighted by Crippen LogP contribution is -2.53. The molecule has 0 spiro atoms. The summed E-state index contributed by atoms with van der Waals surface area (Å²) in [5.41, 5.74) is -1.01. The van der Waals surface area contributed by atoms with Crippen molar-refractivity contribution in [3.05, 3.63) is 0 Å². The zero-order valence-electron chi connectivity index (χ0n) is 10.4. The van der Waals surface area contributed by atoms with Crippen LogP contribution in [0.2, 0.25) is 0 Å². The molecule has 0 aromatic rings. The van der Waals surface area contributed by atoms with Crippen LogP contribution in [0.25, 0.3) is 0 Å². The first-order chi connectivity index (χ1) is 7.61. The van der Waals surface area contributed by atoms with Crippen molar-refractivity contribution < 1.29 is 33.7 Å². The normalized spacial score (nSPS) is 14.6. The largest absolute Gasteiger partial charge is 0.464 e. The van der Waals surface area contributed by atoms with E-state index in [-0.39, 0.29) is 0 Å². The van der Waals surface area contributed by atoms with Crippen molar-refractivity contribution in [3.8, 4) is 0 Å². The topological polar surface area (TPSA) is 98.8 Å². The van der Waals surface area contributed by atoms with Gasteiger partial charge in [-0.3, -0.25) is 4.79 Å². The van der Waals surface area contributed by atoms with Crippen LogP contribution in [0.5, 0.6) is 0 Å². The summed E-state index contributed by atoms with van der Waals surface area (Å²) < 4.78 is 13.2. The highest BCUT2D eigenvalue weighted by atomic mass is 16.8. The van der Waals surface area contributed by atoms with Gasteiger partial charge in [-0.15, -0.1) is 0 Å². The van der Waals surface area contributed by atoms with Crippen molar-refractivity contribution >= 4 is 17.9 Å². The highest BCUT2D eigenvalue weighted by Crippen LogP contribution is 2.23. The fourth-order valence-corrected chi connectivity index (χ4v) is 0.793. The molecule has 0 aromatic carbocycles. The zero-order valence-corrected chi connectivity index (χ0v) is 10.4. The Labute approximate surface area is 98.6 Å². The smallest absolute Gasteiger partial charge is 0.439 e. The van der Waals surface area contributed by atoms with Crippen LogP contribution in [-0.4, -0.2) is 37.9 Å². The highest BCUT2D eigenvalue weighted by molar-refractivity contribution is 6.02. The average molecular weight is 247 g/mol. The minimum atomic E-state index is -2.88. The molecule has 0 saturated carbocycles. The summed E-state index contributed by atoms with van der Waals surface area (Å²) in [7, 11) is 1.83. The average Bonchev–Trinajstić information content (AvgIpc) is 2.22. The van der Waals surface area contributed by atoms with Crippen LogP contribution < -0.4 is 0 Å². The van der Waals surface area contributed by atoms with E-state index in [0.717, 1.165) is 14.2 Å². The Kier molecular flexibility index (Phi) is 4.64. The van der Waals surface area contributed by atoms with Gasteiger partial charge in [-0.1, -0.05) is 0 Å². The fraction of sp³-hybridized carbons (Fsp3) is 0.700. The lowest BCUT2D eigenvalue weighted by Gasteiger charge is -2.27. The summed E-state index contributed by atoms with van der Waals surface area (Å²) in [5, 5.41) is 10.9. The molecule has 1 unspecified atom stereocenters. The van der Waals surface area contributed by atoms with E-state index in [1.807, 2.05) is 0 Å². The van der Waals surface area contributed by atoms with Gasteiger partial charge < -0.3 is 14.2 Å². The number of carbonyl (C=O) groups excluding carboxylic acids is 3. The molecule has 0 aliphatic carbocycles. The van der Waals surface area contributed by atoms with Gasteiger partial charge in [-0.05, 0) is 20.8 Å². The number of carbonyl (C=O) groups is 3. The second-order valence-electron chi connectivity index (χ2n) is 4.24. The summed E-state index contributed by atoms with van der Waals surface area (Å²) in [6.07, 6.45) is 0. The molecule has 1 radical (unpaired) electrons. The van der Waals surface area contributed by atoms with Crippen molar-refractivity contribution in [2.45, 2.75) is 26.6 Å². The van der Waals surface area contributed by atoms with E-state index in [1.54, 1.807) is 0 Å². The second kappa shape index (κ2) is 5.13. The number of hydrogen-bond acceptors (Lipinski definition) is 6. The van der Waals surface area contributed by atoms with Crippen molar-refractivity contribution in [2.24, 2.45) is 5.41 Å². The van der Waals surface area contributed by atoms with Gasteiger partial charge in [-0.2, -0.15) is 0 Å². The van der Waals surface area contributed by atoms with E-state index in [0.29, 0.717) is 0 Å². The number of esters is 2. The van der Waals surface area contributed by atoms with Crippen molar-refractivity contribution in [3.63, 3.8) is 0 Å². The minimum Gasteiger partial charge on any atom is -0.464 e. The maximum Gasteiger partial charge on any atom is 0.439 e. The van der Waals surface area contributed by atoms with Crippen LogP contribution >= 0.6 is 0 Å². The van der Waals surface area contributed by atoms with Gasteiger partial charge in [0, 0.05) is 7.11 Å². The zero-order chi connectivity index (χ0) is 13.9. The molecule has 97 valence electrons. The SMILES string of the molecule is COC(=O)C(OC)(OC(=O)C(C)(C)C)C([O])=O. The Morgan fingerprint density at radius 2 is 1.41 bits per heavy atom. The molecule has 0 bridgehead atoms. The molecule has 17 heavy (non-hydrogen) atoms. The molecule has 0 saturated heterocycles. The van der Waals surface area contributed by atoms with E-state index >= 15 is 0 Å². The Morgan fingerprint density at radius 1 is 0.941 bits per heavy atom. The Bertz CT molecular complexity index is 328. The molecule has 0 amide bonds. The molecule has 0 rings (SSSR count). The predicted molar refractivity (Wildman–Crippen MR) is 53.0 cm³/mol. The lowest BCUT2D eigenvalue weighted by molar-refractivity contribution is -0.246. The van der Waals surface area contributed by atoms with Gasteiger partial charge in [-0.25, -0.2) is 14.7 Å². The van der Waals surface area contributed by atoms with Gasteiger partial charge in [0.25, 0.3) is 0 Å². The van der Waals surface area contributed by atoms with E-state index in [4.69, 9.17) is 0 Å². The van der Waals surface area contributed by atoms with Crippen LogP contribution in [0, 0.1) is 5.41 Å². The molecule has 1 atom stereocenters. The molecule has 7 nitrogen and oxygen atoms in total. The number of methoxy groups -OCH3 is 2. The fourth-order valence-electron chi connectivity index (χ4n) is 0.793. The standard InChI is InChI=1S/C10H15O7/c1-9(2,3)7(13)17-10(16-5,6(11)12)8(14)15-4/h1-5H3. The predicted octanol–water partition coefficient (Wildman–Crippen LogP) is 0.0485. The number of rotatable bonds is 4. The van der Waals surface area contributed by atoms with Crippen LogP contribution in [0.15, 0.2) is 0 Å². The third-order valence-corrected chi connectivity index (χ3v) is 1.86. The first-order valence-corrected chi connectivity index (χ1v) is 4.70.